The predicted molar refractivity (Wildman–Crippen MR) is 88.9 cm³/mol. The zero-order valence-corrected chi connectivity index (χ0v) is 14.4. The van der Waals surface area contributed by atoms with Crippen molar-refractivity contribution in [2.45, 2.75) is 18.2 Å². The number of rotatable bonds is 5. The van der Waals surface area contributed by atoms with E-state index in [0.29, 0.717) is 19.5 Å². The summed E-state index contributed by atoms with van der Waals surface area (Å²) in [4.78, 5) is 9.97. The van der Waals surface area contributed by atoms with Gasteiger partial charge in [0.2, 0.25) is 10.0 Å². The number of ether oxygens (including phenoxy) is 1. The Morgan fingerprint density at radius 3 is 2.91 bits per heavy atom. The third-order valence-corrected chi connectivity index (χ3v) is 6.52. The highest BCUT2D eigenvalue weighted by atomic mass is 32.2. The predicted octanol–water partition coefficient (Wildman–Crippen LogP) is 1.04. The molecule has 126 valence electrons. The molecule has 0 saturated carbocycles. The monoisotopic (exact) mass is 338 g/mol. The summed E-state index contributed by atoms with van der Waals surface area (Å²) in [6.07, 6.45) is 0.661. The normalized spacial score (nSPS) is 19.7. The van der Waals surface area contributed by atoms with Crippen LogP contribution in [0, 0.1) is 0 Å². The summed E-state index contributed by atoms with van der Waals surface area (Å²) >= 11 is 0. The Morgan fingerprint density at radius 2 is 2.22 bits per heavy atom. The number of likely N-dealkylation sites (tertiary alicyclic amines) is 1. The van der Waals surface area contributed by atoms with Crippen molar-refractivity contribution in [2.75, 3.05) is 34.3 Å². The summed E-state index contributed by atoms with van der Waals surface area (Å²) in [6.45, 7) is 1.93. The number of sulfonamides is 1. The van der Waals surface area contributed by atoms with Crippen LogP contribution >= 0.6 is 0 Å². The molecule has 1 unspecified atom stereocenters. The van der Waals surface area contributed by atoms with Gasteiger partial charge in [0.25, 0.3) is 0 Å². The van der Waals surface area contributed by atoms with Gasteiger partial charge in [-0.2, -0.15) is 0 Å². The Labute approximate surface area is 136 Å². The molecule has 1 aromatic carbocycles. The minimum Gasteiger partial charge on any atom is -0.497 e. The zero-order chi connectivity index (χ0) is 16.6. The van der Waals surface area contributed by atoms with E-state index in [0.717, 1.165) is 29.2 Å². The Bertz CT molecular complexity index is 800. The molecule has 1 aromatic heterocycles. The molecule has 2 heterocycles. The average Bonchev–Trinajstić information content (AvgIpc) is 3.12. The first-order valence-electron chi connectivity index (χ1n) is 7.56. The lowest BCUT2D eigenvalue weighted by molar-refractivity contribution is 0.323. The van der Waals surface area contributed by atoms with E-state index in [4.69, 9.17) is 4.74 Å². The third-order valence-electron chi connectivity index (χ3n) is 4.27. The largest absolute Gasteiger partial charge is 0.497 e. The van der Waals surface area contributed by atoms with Crippen LogP contribution in [0.2, 0.25) is 0 Å². The summed E-state index contributed by atoms with van der Waals surface area (Å²) in [5.74, 6) is 1.63. The number of imidazole rings is 1. The lowest BCUT2D eigenvalue weighted by Gasteiger charge is -2.18. The maximum Gasteiger partial charge on any atom is 0.217 e. The third kappa shape index (κ3) is 3.19. The summed E-state index contributed by atoms with van der Waals surface area (Å²) < 4.78 is 30.9. The van der Waals surface area contributed by atoms with Gasteiger partial charge in [-0.05, 0) is 18.6 Å². The van der Waals surface area contributed by atoms with Gasteiger partial charge in [-0.3, -0.25) is 4.90 Å². The molecular formula is C15H22N4O3S. The number of H-pyrrole nitrogens is 1. The second-order valence-corrected chi connectivity index (χ2v) is 8.47. The number of hydrogen-bond acceptors (Lipinski definition) is 5. The SMILES string of the molecule is COc1ccc2nc(CN3CCC(S(=O)(=O)N(C)C)C3)[nH]c2c1. The molecule has 0 bridgehead atoms. The van der Waals surface area contributed by atoms with E-state index in [1.165, 1.54) is 4.31 Å². The van der Waals surface area contributed by atoms with Crippen LogP contribution < -0.4 is 4.74 Å². The van der Waals surface area contributed by atoms with Crippen molar-refractivity contribution in [1.82, 2.24) is 19.2 Å². The van der Waals surface area contributed by atoms with Crippen molar-refractivity contribution in [3.63, 3.8) is 0 Å². The maximum atomic E-state index is 12.2. The fraction of sp³-hybridized carbons (Fsp3) is 0.533. The molecule has 1 saturated heterocycles. The molecule has 1 fully saturated rings. The van der Waals surface area contributed by atoms with Gasteiger partial charge in [-0.1, -0.05) is 0 Å². The van der Waals surface area contributed by atoms with Crippen LogP contribution in [-0.4, -0.2) is 67.1 Å². The van der Waals surface area contributed by atoms with E-state index in [9.17, 15) is 8.42 Å². The smallest absolute Gasteiger partial charge is 0.217 e. The molecule has 1 aliphatic rings. The number of fused-ring (bicyclic) bond motifs is 1. The first kappa shape index (κ1) is 16.2. The van der Waals surface area contributed by atoms with Crippen LogP contribution in [0.15, 0.2) is 18.2 Å². The number of nitrogens with one attached hydrogen (secondary N) is 1. The van der Waals surface area contributed by atoms with Gasteiger partial charge in [0.15, 0.2) is 0 Å². The lowest BCUT2D eigenvalue weighted by Crippen LogP contribution is -2.35. The van der Waals surface area contributed by atoms with E-state index in [2.05, 4.69) is 14.9 Å². The highest BCUT2D eigenvalue weighted by molar-refractivity contribution is 7.89. The average molecular weight is 338 g/mol. The molecule has 1 N–H and O–H groups in total. The molecule has 0 radical (unpaired) electrons. The minimum atomic E-state index is -3.19. The number of nitrogens with zero attached hydrogens (tertiary/aromatic N) is 3. The van der Waals surface area contributed by atoms with Crippen LogP contribution in [-0.2, 0) is 16.6 Å². The van der Waals surface area contributed by atoms with E-state index in [1.54, 1.807) is 21.2 Å². The lowest BCUT2D eigenvalue weighted by atomic mass is 10.3. The van der Waals surface area contributed by atoms with Crippen molar-refractivity contribution >= 4 is 21.1 Å². The van der Waals surface area contributed by atoms with E-state index >= 15 is 0 Å². The number of aromatic nitrogens is 2. The maximum absolute atomic E-state index is 12.2. The molecule has 23 heavy (non-hydrogen) atoms. The number of hydrogen-bond donors (Lipinski definition) is 1. The summed E-state index contributed by atoms with van der Waals surface area (Å²) in [6, 6.07) is 5.70. The summed E-state index contributed by atoms with van der Waals surface area (Å²) in [5, 5.41) is -0.332. The van der Waals surface area contributed by atoms with Crippen molar-refractivity contribution in [1.29, 1.82) is 0 Å². The quantitative estimate of drug-likeness (QED) is 0.881. The van der Waals surface area contributed by atoms with Crippen LogP contribution in [0.3, 0.4) is 0 Å². The van der Waals surface area contributed by atoms with Gasteiger partial charge in [0, 0.05) is 33.3 Å². The molecule has 0 aliphatic carbocycles. The second kappa shape index (κ2) is 6.10. The second-order valence-electron chi connectivity index (χ2n) is 6.04. The summed E-state index contributed by atoms with van der Waals surface area (Å²) in [7, 11) is 1.62. The van der Waals surface area contributed by atoms with Gasteiger partial charge >= 0.3 is 0 Å². The van der Waals surface area contributed by atoms with Gasteiger partial charge in [-0.15, -0.1) is 0 Å². The molecule has 7 nitrogen and oxygen atoms in total. The molecule has 0 amide bonds. The van der Waals surface area contributed by atoms with Crippen LogP contribution in [0.1, 0.15) is 12.2 Å². The molecular weight excluding hydrogens is 316 g/mol. The first-order valence-corrected chi connectivity index (χ1v) is 9.07. The fourth-order valence-electron chi connectivity index (χ4n) is 2.94. The minimum absolute atomic E-state index is 0.332. The molecule has 8 heteroatoms. The number of benzene rings is 1. The van der Waals surface area contributed by atoms with E-state index in [1.807, 2.05) is 18.2 Å². The summed E-state index contributed by atoms with van der Waals surface area (Å²) in [5.41, 5.74) is 1.81. The van der Waals surface area contributed by atoms with E-state index < -0.39 is 10.0 Å². The van der Waals surface area contributed by atoms with Crippen LogP contribution in [0.5, 0.6) is 5.75 Å². The fourth-order valence-corrected chi connectivity index (χ4v) is 4.34. The van der Waals surface area contributed by atoms with Gasteiger partial charge < -0.3 is 9.72 Å². The Kier molecular flexibility index (Phi) is 4.31. The molecule has 0 spiro atoms. The molecule has 3 rings (SSSR count). The molecule has 1 aliphatic heterocycles. The van der Waals surface area contributed by atoms with Crippen molar-refractivity contribution in [3.05, 3.63) is 24.0 Å². The Hall–Kier alpha value is -1.64. The standard InChI is InChI=1S/C15H22N4O3S/c1-18(2)23(20,21)12-6-7-19(9-12)10-15-16-13-5-4-11(22-3)8-14(13)17-15/h4-5,8,12H,6-7,9-10H2,1-3H3,(H,16,17). The van der Waals surface area contributed by atoms with E-state index in [-0.39, 0.29) is 5.25 Å². The van der Waals surface area contributed by atoms with Gasteiger partial charge in [0.05, 0.1) is 29.9 Å². The number of methoxy groups -OCH3 is 1. The zero-order valence-electron chi connectivity index (χ0n) is 13.6. The molecule has 1 atom stereocenters. The highest BCUT2D eigenvalue weighted by Gasteiger charge is 2.34. The molecule has 2 aromatic rings. The Morgan fingerprint density at radius 1 is 1.43 bits per heavy atom. The number of aromatic amines is 1. The highest BCUT2D eigenvalue weighted by Crippen LogP contribution is 2.22. The van der Waals surface area contributed by atoms with Crippen LogP contribution in [0.25, 0.3) is 11.0 Å². The van der Waals surface area contributed by atoms with Crippen molar-refractivity contribution in [3.8, 4) is 5.75 Å². The van der Waals surface area contributed by atoms with Gasteiger partial charge in [0.1, 0.15) is 11.6 Å². The Balaban J connectivity index is 1.71. The van der Waals surface area contributed by atoms with Crippen LogP contribution in [0.4, 0.5) is 0 Å². The van der Waals surface area contributed by atoms with Gasteiger partial charge in [-0.25, -0.2) is 17.7 Å². The van der Waals surface area contributed by atoms with Crippen molar-refractivity contribution < 1.29 is 13.2 Å². The van der Waals surface area contributed by atoms with Crippen molar-refractivity contribution in [2.24, 2.45) is 0 Å². The first-order chi connectivity index (χ1) is 10.9. The topological polar surface area (TPSA) is 78.5 Å².